The first kappa shape index (κ1) is 14.0. The molecular weight excluding hydrogens is 257 g/mol. The number of pyridine rings is 1. The molecule has 2 rings (SSSR count). The molecule has 2 N–H and O–H groups in total. The highest BCUT2D eigenvalue weighted by Crippen LogP contribution is 2.16. The molecule has 0 aliphatic rings. The summed E-state index contributed by atoms with van der Waals surface area (Å²) in [5, 5.41) is 5.78. The minimum atomic E-state index is -0.309. The van der Waals surface area contributed by atoms with Crippen molar-refractivity contribution >= 4 is 17.3 Å². The number of carbonyl (C=O) groups excluding carboxylic acids is 1. The van der Waals surface area contributed by atoms with Crippen molar-refractivity contribution in [3.8, 4) is 0 Å². The number of benzene rings is 1. The first-order chi connectivity index (χ1) is 9.54. The van der Waals surface area contributed by atoms with E-state index in [0.29, 0.717) is 17.1 Å². The number of hydrogen-bond donors (Lipinski definition) is 2. The Balaban J connectivity index is 2.07. The predicted octanol–water partition coefficient (Wildman–Crippen LogP) is 3.10. The van der Waals surface area contributed by atoms with Gasteiger partial charge in [0.1, 0.15) is 11.5 Å². The summed E-state index contributed by atoms with van der Waals surface area (Å²) in [5.41, 5.74) is 1.67. The molecule has 0 saturated heterocycles. The lowest BCUT2D eigenvalue weighted by atomic mass is 10.2. The van der Waals surface area contributed by atoms with Gasteiger partial charge in [-0.15, -0.1) is 0 Å². The van der Waals surface area contributed by atoms with Crippen LogP contribution in [0.5, 0.6) is 0 Å². The highest BCUT2D eigenvalue weighted by molar-refractivity contribution is 5.92. The third-order valence-electron chi connectivity index (χ3n) is 2.53. The molecule has 104 valence electrons. The number of hydrogen-bond acceptors (Lipinski definition) is 3. The topological polar surface area (TPSA) is 54.0 Å². The molecule has 0 saturated carbocycles. The van der Waals surface area contributed by atoms with Crippen LogP contribution in [0.4, 0.5) is 15.8 Å². The second-order valence-corrected chi connectivity index (χ2v) is 4.70. The van der Waals surface area contributed by atoms with Gasteiger partial charge >= 0.3 is 0 Å². The molecule has 0 aliphatic heterocycles. The lowest BCUT2D eigenvalue weighted by Crippen LogP contribution is -2.30. The van der Waals surface area contributed by atoms with E-state index >= 15 is 0 Å². The van der Waals surface area contributed by atoms with Crippen LogP contribution in [-0.2, 0) is 0 Å². The molecule has 0 aliphatic carbocycles. The van der Waals surface area contributed by atoms with Crippen LogP contribution in [0.15, 0.2) is 42.6 Å². The molecule has 1 aromatic heterocycles. The zero-order valence-corrected chi connectivity index (χ0v) is 11.4. The molecule has 0 unspecified atom stereocenters. The number of nitrogens with one attached hydrogen (secondary N) is 2. The molecule has 20 heavy (non-hydrogen) atoms. The normalized spacial score (nSPS) is 10.4. The Morgan fingerprint density at radius 2 is 2.00 bits per heavy atom. The largest absolute Gasteiger partial charge is 0.354 e. The summed E-state index contributed by atoms with van der Waals surface area (Å²) in [7, 11) is 0. The van der Waals surface area contributed by atoms with Crippen LogP contribution in [0.25, 0.3) is 0 Å². The highest BCUT2D eigenvalue weighted by Gasteiger charge is 2.08. The third kappa shape index (κ3) is 3.78. The molecule has 1 heterocycles. The average Bonchev–Trinajstić information content (AvgIpc) is 2.38. The maximum absolute atomic E-state index is 13.1. The number of rotatable bonds is 4. The van der Waals surface area contributed by atoms with Gasteiger partial charge in [0.25, 0.3) is 5.91 Å². The second kappa shape index (κ2) is 6.14. The Labute approximate surface area is 117 Å². The molecule has 5 heteroatoms. The molecule has 0 spiro atoms. The van der Waals surface area contributed by atoms with E-state index in [0.717, 1.165) is 0 Å². The van der Waals surface area contributed by atoms with E-state index in [1.807, 2.05) is 13.8 Å². The van der Waals surface area contributed by atoms with Crippen molar-refractivity contribution in [3.63, 3.8) is 0 Å². The fourth-order valence-electron chi connectivity index (χ4n) is 1.67. The molecule has 0 bridgehead atoms. The van der Waals surface area contributed by atoms with E-state index in [1.54, 1.807) is 30.5 Å². The first-order valence-electron chi connectivity index (χ1n) is 6.34. The Morgan fingerprint density at radius 1 is 1.20 bits per heavy atom. The zero-order chi connectivity index (χ0) is 14.5. The summed E-state index contributed by atoms with van der Waals surface area (Å²) in [6.45, 7) is 3.77. The molecule has 1 aromatic carbocycles. The third-order valence-corrected chi connectivity index (χ3v) is 2.53. The Morgan fingerprint density at radius 3 is 2.60 bits per heavy atom. The van der Waals surface area contributed by atoms with Gasteiger partial charge in [0.15, 0.2) is 0 Å². The zero-order valence-electron chi connectivity index (χ0n) is 11.4. The van der Waals surface area contributed by atoms with E-state index in [4.69, 9.17) is 0 Å². The summed E-state index contributed by atoms with van der Waals surface area (Å²) >= 11 is 0. The summed E-state index contributed by atoms with van der Waals surface area (Å²) in [6.07, 6.45) is 1.54. The molecular formula is C15H16FN3O. The van der Waals surface area contributed by atoms with Gasteiger partial charge in [-0.05, 0) is 44.2 Å². The van der Waals surface area contributed by atoms with E-state index in [1.165, 1.54) is 12.1 Å². The monoisotopic (exact) mass is 273 g/mol. The van der Waals surface area contributed by atoms with E-state index in [2.05, 4.69) is 15.6 Å². The number of anilines is 2. The number of amides is 1. The lowest BCUT2D eigenvalue weighted by molar-refractivity contribution is 0.0938. The van der Waals surface area contributed by atoms with E-state index < -0.39 is 0 Å². The fourth-order valence-corrected chi connectivity index (χ4v) is 1.67. The van der Waals surface area contributed by atoms with E-state index in [9.17, 15) is 9.18 Å². The second-order valence-electron chi connectivity index (χ2n) is 4.70. The maximum Gasteiger partial charge on any atom is 0.270 e. The van der Waals surface area contributed by atoms with Crippen LogP contribution in [0.2, 0.25) is 0 Å². The number of carbonyl (C=O) groups is 1. The van der Waals surface area contributed by atoms with Gasteiger partial charge in [-0.3, -0.25) is 4.79 Å². The van der Waals surface area contributed by atoms with Gasteiger partial charge in [-0.1, -0.05) is 6.07 Å². The Kier molecular flexibility index (Phi) is 4.30. The number of halogens is 1. The number of nitrogens with zero attached hydrogens (tertiary/aromatic N) is 1. The molecule has 2 aromatic rings. The van der Waals surface area contributed by atoms with Gasteiger partial charge in [-0.2, -0.15) is 0 Å². The molecule has 0 atom stereocenters. The standard InChI is InChI=1S/C15H16FN3O/c1-10(2)18-15(20)14-7-6-13(9-17-14)19-12-5-3-4-11(16)8-12/h3-10,19H,1-2H3,(H,18,20). The molecule has 4 nitrogen and oxygen atoms in total. The van der Waals surface area contributed by atoms with Crippen LogP contribution in [0.1, 0.15) is 24.3 Å². The van der Waals surface area contributed by atoms with Crippen LogP contribution >= 0.6 is 0 Å². The first-order valence-corrected chi connectivity index (χ1v) is 6.34. The minimum absolute atomic E-state index is 0.0643. The van der Waals surface area contributed by atoms with Crippen molar-refractivity contribution in [3.05, 3.63) is 54.1 Å². The van der Waals surface area contributed by atoms with E-state index in [-0.39, 0.29) is 17.8 Å². The van der Waals surface area contributed by atoms with Crippen molar-refractivity contribution in [2.24, 2.45) is 0 Å². The molecule has 0 radical (unpaired) electrons. The van der Waals surface area contributed by atoms with Crippen molar-refractivity contribution < 1.29 is 9.18 Å². The lowest BCUT2D eigenvalue weighted by Gasteiger charge is -2.09. The minimum Gasteiger partial charge on any atom is -0.354 e. The van der Waals surface area contributed by atoms with Crippen LogP contribution in [0.3, 0.4) is 0 Å². The predicted molar refractivity (Wildman–Crippen MR) is 76.5 cm³/mol. The van der Waals surface area contributed by atoms with Gasteiger partial charge < -0.3 is 10.6 Å². The molecule has 1 amide bonds. The Bertz CT molecular complexity index is 596. The van der Waals surface area contributed by atoms with Gasteiger partial charge in [0.2, 0.25) is 0 Å². The van der Waals surface area contributed by atoms with Crippen molar-refractivity contribution in [2.75, 3.05) is 5.32 Å². The van der Waals surface area contributed by atoms with Crippen molar-refractivity contribution in [1.82, 2.24) is 10.3 Å². The average molecular weight is 273 g/mol. The SMILES string of the molecule is CC(C)NC(=O)c1ccc(Nc2cccc(F)c2)cn1. The maximum atomic E-state index is 13.1. The van der Waals surface area contributed by atoms with Crippen molar-refractivity contribution in [1.29, 1.82) is 0 Å². The fraction of sp³-hybridized carbons (Fsp3) is 0.200. The number of aromatic nitrogens is 1. The van der Waals surface area contributed by atoms with Gasteiger partial charge in [0, 0.05) is 11.7 Å². The Hall–Kier alpha value is -2.43. The summed E-state index contributed by atoms with van der Waals surface area (Å²) in [6, 6.07) is 9.56. The smallest absolute Gasteiger partial charge is 0.270 e. The van der Waals surface area contributed by atoms with Crippen LogP contribution in [0, 0.1) is 5.82 Å². The van der Waals surface area contributed by atoms with Gasteiger partial charge in [0.05, 0.1) is 11.9 Å². The molecule has 0 fully saturated rings. The quantitative estimate of drug-likeness (QED) is 0.900. The van der Waals surface area contributed by atoms with Gasteiger partial charge in [-0.25, -0.2) is 9.37 Å². The summed E-state index contributed by atoms with van der Waals surface area (Å²) in [4.78, 5) is 15.8. The summed E-state index contributed by atoms with van der Waals surface area (Å²) in [5.74, 6) is -0.520. The van der Waals surface area contributed by atoms with Crippen LogP contribution < -0.4 is 10.6 Å². The highest BCUT2D eigenvalue weighted by atomic mass is 19.1. The summed E-state index contributed by atoms with van der Waals surface area (Å²) < 4.78 is 13.1. The van der Waals surface area contributed by atoms with Crippen LogP contribution in [-0.4, -0.2) is 16.9 Å². The van der Waals surface area contributed by atoms with Crippen molar-refractivity contribution in [2.45, 2.75) is 19.9 Å².